The van der Waals surface area contributed by atoms with Crippen molar-refractivity contribution in [1.29, 1.82) is 0 Å². The molecular weight excluding hydrogens is 1380 g/mol. The van der Waals surface area contributed by atoms with Crippen LogP contribution < -0.4 is 0 Å². The Morgan fingerprint density at radius 1 is 0.633 bits per heavy atom. The molecule has 0 spiro atoms. The van der Waals surface area contributed by atoms with E-state index in [2.05, 4.69) is 45.0 Å². The first kappa shape index (κ1) is 70.4. The van der Waals surface area contributed by atoms with E-state index in [0.717, 1.165) is 0 Å². The molecule has 0 radical (unpaired) electrons. The van der Waals surface area contributed by atoms with Crippen molar-refractivity contribution in [3.63, 3.8) is 0 Å². The molecule has 1 aliphatic rings. The molecule has 0 atom stereocenters. The molecular formula is C32H46Cl2N15O8Pt3-3. The number of azide groups is 3. The van der Waals surface area contributed by atoms with Gasteiger partial charge in [-0.05, 0) is 72.3 Å². The Hall–Kier alpha value is -4.22. The molecule has 1 aliphatic carbocycles. The summed E-state index contributed by atoms with van der Waals surface area (Å²) in [7, 11) is 9.75. The van der Waals surface area contributed by atoms with Gasteiger partial charge in [0, 0.05) is 110 Å². The molecule has 344 valence electrons. The number of aliphatic carboxylic acids is 4. The summed E-state index contributed by atoms with van der Waals surface area (Å²) in [5.41, 5.74) is 47.0. The summed E-state index contributed by atoms with van der Waals surface area (Å²) < 4.78 is 0. The largest absolute Gasteiger partial charge is 0.672 e. The van der Waals surface area contributed by atoms with Crippen LogP contribution in [0.3, 0.4) is 0 Å². The zero-order valence-electron chi connectivity index (χ0n) is 32.9. The Balaban J connectivity index is -0.000000112. The third kappa shape index (κ3) is 35.7. The fourth-order valence-electron chi connectivity index (χ4n) is 3.08. The number of halogens is 2. The Morgan fingerprint density at radius 2 is 0.867 bits per heavy atom. The van der Waals surface area contributed by atoms with E-state index in [-0.39, 0.29) is 74.6 Å². The van der Waals surface area contributed by atoms with Crippen molar-refractivity contribution in [2.75, 3.05) is 0 Å². The van der Waals surface area contributed by atoms with E-state index < -0.39 is 45.8 Å². The van der Waals surface area contributed by atoms with Gasteiger partial charge in [0.25, 0.3) is 0 Å². The Bertz CT molecular complexity index is 1590. The van der Waals surface area contributed by atoms with Crippen LogP contribution in [0.5, 0.6) is 0 Å². The molecule has 3 aromatic rings. The van der Waals surface area contributed by atoms with Crippen LogP contribution in [0.25, 0.3) is 48.5 Å². The maximum atomic E-state index is 10.4. The molecule has 23 nitrogen and oxygen atoms in total. The number of nitrogens with zero attached hydrogens (tertiary/aromatic N) is 12. The third-order valence-electron chi connectivity index (χ3n) is 5.63. The fraction of sp³-hybridized carbons (Fsp3) is 0.406. The van der Waals surface area contributed by atoms with E-state index in [0.29, 0.717) is 40.6 Å². The van der Waals surface area contributed by atoms with Gasteiger partial charge in [-0.15, -0.1) is 19.6 Å². The van der Waals surface area contributed by atoms with Crippen LogP contribution >= 0.6 is 18.8 Å². The standard InChI is InChI=1S/3C6H6N5.C6H8O4.C2H2O4.3C2H6.2ClH.3Pt/c3*7-4-6-3-5(10-11-8)1-2-9-6;7-4(8)6(5(9)10)2-1-3-6;3-1(4)2(5)6;3*1-2;;;;;/h3*1-3,7H,4H2;1-3H2,(H,7,8)(H,9,10);(H,3,4)(H,5,6);3*1-2H3;2*1H;;;/q3*-1;;;;;;;;;;+2/p-2. The quantitative estimate of drug-likeness (QED) is 0.0540. The van der Waals surface area contributed by atoms with Gasteiger partial charge in [0.05, 0.1) is 0 Å². The van der Waals surface area contributed by atoms with Gasteiger partial charge in [0.15, 0.2) is 5.41 Å². The minimum Gasteiger partial charge on any atom is -0.672 e. The van der Waals surface area contributed by atoms with Crippen LogP contribution in [0.2, 0.25) is 0 Å². The van der Waals surface area contributed by atoms with Crippen LogP contribution in [0, 0.1) is 5.41 Å². The van der Waals surface area contributed by atoms with Crippen LogP contribution in [0.4, 0.5) is 17.1 Å². The molecule has 0 aromatic carbocycles. The minimum absolute atomic E-state index is 0. The molecule has 0 amide bonds. The number of nitrogens with one attached hydrogen (secondary N) is 3. The number of hydrogen-bond acceptors (Lipinski definition) is 10. The van der Waals surface area contributed by atoms with Crippen molar-refractivity contribution >= 4 is 59.8 Å². The Morgan fingerprint density at radius 3 is 0.983 bits per heavy atom. The van der Waals surface area contributed by atoms with E-state index in [1.165, 1.54) is 18.6 Å². The first-order chi connectivity index (χ1) is 27.7. The van der Waals surface area contributed by atoms with E-state index >= 15 is 0 Å². The molecule has 4 rings (SSSR count). The molecule has 7 N–H and O–H groups in total. The number of rotatable bonds is 8. The molecule has 28 heteroatoms. The van der Waals surface area contributed by atoms with E-state index in [1.54, 1.807) is 36.4 Å². The van der Waals surface area contributed by atoms with Gasteiger partial charge < -0.3 is 37.6 Å². The Kier molecular flexibility index (Phi) is 57.6. The summed E-state index contributed by atoms with van der Waals surface area (Å²) in [6.07, 6.45) is 5.82. The van der Waals surface area contributed by atoms with Crippen molar-refractivity contribution in [3.05, 3.63) is 121 Å². The summed E-state index contributed by atoms with van der Waals surface area (Å²) in [6, 6.07) is 9.56. The monoisotopic (exact) mass is 1420 g/mol. The van der Waals surface area contributed by atoms with Gasteiger partial charge >= 0.3 is 59.2 Å². The van der Waals surface area contributed by atoms with Crippen molar-refractivity contribution in [2.24, 2.45) is 20.8 Å². The van der Waals surface area contributed by atoms with Gasteiger partial charge in [-0.3, -0.25) is 24.5 Å². The summed E-state index contributed by atoms with van der Waals surface area (Å²) in [6.45, 7) is 12.3. The smallest absolute Gasteiger partial charge is 0.0408 e. The summed E-state index contributed by atoms with van der Waals surface area (Å²) >= 11 is -0.472. The van der Waals surface area contributed by atoms with Crippen LogP contribution in [-0.2, 0) is 97.4 Å². The average Bonchev–Trinajstić information content (AvgIpc) is 3.21. The van der Waals surface area contributed by atoms with Crippen molar-refractivity contribution in [1.82, 2.24) is 15.0 Å². The molecule has 0 bridgehead atoms. The molecule has 0 saturated heterocycles. The van der Waals surface area contributed by atoms with Gasteiger partial charge in [-0.1, -0.05) is 56.9 Å². The van der Waals surface area contributed by atoms with E-state index in [4.69, 9.17) is 82.6 Å². The number of carbonyl (C=O) groups is 4. The van der Waals surface area contributed by atoms with Gasteiger partial charge in [-0.25, -0.2) is 9.59 Å². The minimum atomic E-state index is -1.82. The SMILES string of the molecule is CC.CC.CC.O=C(O)C(=O)O.O=C(O)C1(C(=O)O)CCC1.[Cl][Pt][Cl].[N-]=[N+]=Nc1ccnc(C[NH-])c1.[N-]=[N+]=Nc1ccnc(C[NH-])c1.[N-]=[N+]=Nc1ccnc(C[NH-])c1.[Pt].[Pt]. The van der Waals surface area contributed by atoms with Crippen molar-refractivity contribution in [3.8, 4) is 0 Å². The van der Waals surface area contributed by atoms with Crippen LogP contribution in [0.1, 0.15) is 77.9 Å². The predicted molar refractivity (Wildman–Crippen MR) is 216 cm³/mol. The molecule has 60 heavy (non-hydrogen) atoms. The van der Waals surface area contributed by atoms with Gasteiger partial charge in [0.2, 0.25) is 0 Å². The van der Waals surface area contributed by atoms with Crippen LogP contribution in [-0.4, -0.2) is 59.3 Å². The molecule has 1 saturated carbocycles. The predicted octanol–water partition coefficient (Wildman–Crippen LogP) is 11.7. The number of carboxylic acid groups (broad SMARTS) is 4. The summed E-state index contributed by atoms with van der Waals surface area (Å²) in [5, 5.41) is 41.8. The fourth-order valence-corrected chi connectivity index (χ4v) is 3.08. The van der Waals surface area contributed by atoms with Gasteiger partial charge in [-0.2, -0.15) is 0 Å². The second-order valence-electron chi connectivity index (χ2n) is 8.82. The number of aromatic nitrogens is 3. The van der Waals surface area contributed by atoms with Crippen molar-refractivity contribution < 1.29 is 98.2 Å². The number of carboxylic acids is 4. The van der Waals surface area contributed by atoms with E-state index in [1.807, 2.05) is 41.5 Å². The van der Waals surface area contributed by atoms with Gasteiger partial charge in [0.1, 0.15) is 0 Å². The van der Waals surface area contributed by atoms with E-state index in [9.17, 15) is 9.59 Å². The zero-order valence-corrected chi connectivity index (χ0v) is 41.3. The molecule has 0 unspecified atom stereocenters. The third-order valence-corrected chi connectivity index (χ3v) is 5.63. The summed E-state index contributed by atoms with van der Waals surface area (Å²) in [5.74, 6) is -6.05. The molecule has 1 fully saturated rings. The first-order valence-corrected chi connectivity index (χ1v) is 22.1. The zero-order chi connectivity index (χ0) is 46.0. The maximum absolute atomic E-state index is 10.4. The van der Waals surface area contributed by atoms with Crippen LogP contribution in [0.15, 0.2) is 70.3 Å². The summed E-state index contributed by atoms with van der Waals surface area (Å²) in [4.78, 5) is 58.4. The number of hydrogen-bond donors (Lipinski definition) is 4. The second kappa shape index (κ2) is 49.1. The Labute approximate surface area is 392 Å². The molecule has 3 heterocycles. The topological polar surface area (TPSA) is 406 Å². The second-order valence-corrected chi connectivity index (χ2v) is 12.1. The number of pyridine rings is 3. The maximum Gasteiger partial charge on any atom is 0.0408 e. The first-order valence-electron chi connectivity index (χ1n) is 16.4. The van der Waals surface area contributed by atoms with Crippen molar-refractivity contribution in [2.45, 2.75) is 80.4 Å². The average molecular weight is 1420 g/mol. The molecule has 3 aromatic heterocycles. The molecule has 0 aliphatic heterocycles. The normalized spacial score (nSPS) is 9.78.